The summed E-state index contributed by atoms with van der Waals surface area (Å²) in [7, 11) is 1.55. The van der Waals surface area contributed by atoms with E-state index in [9.17, 15) is 4.79 Å². The van der Waals surface area contributed by atoms with Gasteiger partial charge in [0.05, 0.1) is 7.11 Å². The molecule has 0 radical (unpaired) electrons. The number of carbonyl (C=O) groups excluding carboxylic acids is 1. The van der Waals surface area contributed by atoms with Crippen molar-refractivity contribution >= 4 is 17.5 Å². The third-order valence-electron chi connectivity index (χ3n) is 3.37. The first kappa shape index (κ1) is 17.5. The lowest BCUT2D eigenvalue weighted by molar-refractivity contribution is -0.118. The number of methoxy groups -OCH3 is 1. The van der Waals surface area contributed by atoms with Crippen molar-refractivity contribution in [2.24, 2.45) is 0 Å². The fourth-order valence-corrected chi connectivity index (χ4v) is 1.89. The Morgan fingerprint density at radius 3 is 2.42 bits per heavy atom. The number of rotatable bonds is 8. The molecule has 1 amide bonds. The Morgan fingerprint density at radius 2 is 1.79 bits per heavy atom. The molecule has 0 saturated heterocycles. The predicted octanol–water partition coefficient (Wildman–Crippen LogP) is 2.71. The van der Waals surface area contributed by atoms with Crippen molar-refractivity contribution in [3.63, 3.8) is 0 Å². The normalized spacial score (nSPS) is 11.5. The summed E-state index contributed by atoms with van der Waals surface area (Å²) in [5, 5.41) is 13.8. The Kier molecular flexibility index (Phi) is 6.36. The number of anilines is 2. The number of benzene rings is 1. The Labute approximate surface area is 141 Å². The van der Waals surface area contributed by atoms with Crippen LogP contribution in [0.3, 0.4) is 0 Å². The molecule has 0 aliphatic carbocycles. The minimum absolute atomic E-state index is 0.144. The van der Waals surface area contributed by atoms with Gasteiger partial charge in [0.25, 0.3) is 5.91 Å². The lowest BCUT2D eigenvalue weighted by atomic mass is 10.2. The van der Waals surface area contributed by atoms with Crippen LogP contribution in [0.1, 0.15) is 20.3 Å². The molecule has 1 atom stereocenters. The molecule has 7 heteroatoms. The molecule has 0 aliphatic heterocycles. The highest BCUT2D eigenvalue weighted by atomic mass is 16.5. The van der Waals surface area contributed by atoms with Gasteiger partial charge in [-0.2, -0.15) is 0 Å². The summed E-state index contributed by atoms with van der Waals surface area (Å²) >= 11 is 0. The van der Waals surface area contributed by atoms with E-state index in [1.807, 2.05) is 12.1 Å². The van der Waals surface area contributed by atoms with E-state index in [-0.39, 0.29) is 12.5 Å². The van der Waals surface area contributed by atoms with Crippen molar-refractivity contribution < 1.29 is 14.3 Å². The van der Waals surface area contributed by atoms with Crippen LogP contribution in [0.2, 0.25) is 0 Å². The van der Waals surface area contributed by atoms with Gasteiger partial charge >= 0.3 is 0 Å². The van der Waals surface area contributed by atoms with Gasteiger partial charge in [0.2, 0.25) is 0 Å². The molecule has 0 spiro atoms. The molecular formula is C17H22N4O3. The van der Waals surface area contributed by atoms with Gasteiger partial charge in [0.1, 0.15) is 5.82 Å². The van der Waals surface area contributed by atoms with Crippen molar-refractivity contribution in [3.05, 3.63) is 36.4 Å². The maximum Gasteiger partial charge on any atom is 0.263 e. The van der Waals surface area contributed by atoms with E-state index in [0.717, 1.165) is 6.42 Å². The molecule has 1 aromatic heterocycles. The standard InChI is InChI=1S/C17H22N4O3/c1-4-12(2)18-15-9-10-16(21-20-15)19-17(22)11-24-14-8-6-5-7-13(14)23-3/h5-10,12H,4,11H2,1-3H3,(H,18,20)(H,19,21,22). The van der Waals surface area contributed by atoms with Crippen molar-refractivity contribution in [3.8, 4) is 11.5 Å². The quantitative estimate of drug-likeness (QED) is 0.774. The molecule has 0 saturated carbocycles. The first-order valence-corrected chi connectivity index (χ1v) is 7.78. The van der Waals surface area contributed by atoms with Crippen molar-refractivity contribution in [1.29, 1.82) is 0 Å². The van der Waals surface area contributed by atoms with E-state index in [1.165, 1.54) is 0 Å². The van der Waals surface area contributed by atoms with Crippen LogP contribution in [0.25, 0.3) is 0 Å². The van der Waals surface area contributed by atoms with Crippen molar-refractivity contribution in [2.45, 2.75) is 26.3 Å². The minimum Gasteiger partial charge on any atom is -0.493 e. The Bertz CT molecular complexity index is 661. The van der Waals surface area contributed by atoms with Crippen LogP contribution in [0.4, 0.5) is 11.6 Å². The number of carbonyl (C=O) groups is 1. The number of aromatic nitrogens is 2. The first-order valence-electron chi connectivity index (χ1n) is 7.78. The average molecular weight is 330 g/mol. The van der Waals surface area contributed by atoms with Gasteiger partial charge in [-0.1, -0.05) is 19.1 Å². The number of para-hydroxylation sites is 2. The van der Waals surface area contributed by atoms with Gasteiger partial charge in [-0.25, -0.2) is 0 Å². The third-order valence-corrected chi connectivity index (χ3v) is 3.37. The highest BCUT2D eigenvalue weighted by Crippen LogP contribution is 2.25. The van der Waals surface area contributed by atoms with Gasteiger partial charge in [-0.15, -0.1) is 10.2 Å². The molecule has 7 nitrogen and oxygen atoms in total. The third kappa shape index (κ3) is 5.12. The largest absolute Gasteiger partial charge is 0.493 e. The molecule has 2 N–H and O–H groups in total. The van der Waals surface area contributed by atoms with Gasteiger partial charge in [0, 0.05) is 6.04 Å². The molecule has 1 aromatic carbocycles. The van der Waals surface area contributed by atoms with Crippen LogP contribution in [-0.4, -0.2) is 35.9 Å². The zero-order valence-electron chi connectivity index (χ0n) is 14.1. The highest BCUT2D eigenvalue weighted by Gasteiger charge is 2.08. The number of hydrogen-bond donors (Lipinski definition) is 2. The molecule has 1 unspecified atom stereocenters. The van der Waals surface area contributed by atoms with Gasteiger partial charge < -0.3 is 20.1 Å². The highest BCUT2D eigenvalue weighted by molar-refractivity contribution is 5.90. The fraction of sp³-hybridized carbons (Fsp3) is 0.353. The summed E-state index contributed by atoms with van der Waals surface area (Å²) in [6, 6.07) is 10.9. The van der Waals surface area contributed by atoms with Crippen LogP contribution in [0.15, 0.2) is 36.4 Å². The van der Waals surface area contributed by atoms with Gasteiger partial charge in [0.15, 0.2) is 23.9 Å². The number of nitrogens with one attached hydrogen (secondary N) is 2. The lowest BCUT2D eigenvalue weighted by Crippen LogP contribution is -2.21. The lowest BCUT2D eigenvalue weighted by Gasteiger charge is -2.12. The maximum atomic E-state index is 11.9. The van der Waals surface area contributed by atoms with E-state index in [0.29, 0.717) is 29.2 Å². The summed E-state index contributed by atoms with van der Waals surface area (Å²) in [5.41, 5.74) is 0. The smallest absolute Gasteiger partial charge is 0.263 e. The van der Waals surface area contributed by atoms with Crippen LogP contribution in [-0.2, 0) is 4.79 Å². The summed E-state index contributed by atoms with van der Waals surface area (Å²) < 4.78 is 10.6. The van der Waals surface area contributed by atoms with Gasteiger partial charge in [-0.05, 0) is 37.6 Å². The molecule has 0 fully saturated rings. The zero-order valence-corrected chi connectivity index (χ0v) is 14.1. The molecule has 0 aliphatic rings. The number of nitrogens with zero attached hydrogens (tertiary/aromatic N) is 2. The van der Waals surface area contributed by atoms with Crippen LogP contribution in [0, 0.1) is 0 Å². The second-order valence-electron chi connectivity index (χ2n) is 5.25. The van der Waals surface area contributed by atoms with E-state index < -0.39 is 0 Å². The molecule has 2 aromatic rings. The van der Waals surface area contributed by atoms with E-state index in [2.05, 4.69) is 34.7 Å². The SMILES string of the molecule is CCC(C)Nc1ccc(NC(=O)COc2ccccc2OC)nn1. The molecule has 0 bridgehead atoms. The molecule has 2 rings (SSSR count). The molecule has 1 heterocycles. The second kappa shape index (κ2) is 8.71. The van der Waals surface area contributed by atoms with E-state index in [1.54, 1.807) is 31.4 Å². The molecular weight excluding hydrogens is 308 g/mol. The summed E-state index contributed by atoms with van der Waals surface area (Å²) in [6.45, 7) is 4.00. The number of hydrogen-bond acceptors (Lipinski definition) is 6. The monoisotopic (exact) mass is 330 g/mol. The van der Waals surface area contributed by atoms with Crippen molar-refractivity contribution in [2.75, 3.05) is 24.4 Å². The van der Waals surface area contributed by atoms with Gasteiger partial charge in [-0.3, -0.25) is 4.79 Å². The fourth-order valence-electron chi connectivity index (χ4n) is 1.89. The van der Waals surface area contributed by atoms with Crippen molar-refractivity contribution in [1.82, 2.24) is 10.2 Å². The topological polar surface area (TPSA) is 85.4 Å². The predicted molar refractivity (Wildman–Crippen MR) is 92.5 cm³/mol. The molecule has 128 valence electrons. The number of ether oxygens (including phenoxy) is 2. The minimum atomic E-state index is -0.321. The first-order chi connectivity index (χ1) is 11.6. The Morgan fingerprint density at radius 1 is 1.12 bits per heavy atom. The second-order valence-corrected chi connectivity index (χ2v) is 5.25. The average Bonchev–Trinajstić information content (AvgIpc) is 2.61. The summed E-state index contributed by atoms with van der Waals surface area (Å²) in [6.07, 6.45) is 0.987. The van der Waals surface area contributed by atoms with Crippen LogP contribution < -0.4 is 20.1 Å². The maximum absolute atomic E-state index is 11.9. The van der Waals surface area contributed by atoms with E-state index in [4.69, 9.17) is 9.47 Å². The van der Waals surface area contributed by atoms with Crippen LogP contribution >= 0.6 is 0 Å². The summed E-state index contributed by atoms with van der Waals surface area (Å²) in [5.74, 6) is 1.81. The zero-order chi connectivity index (χ0) is 17.4. The summed E-state index contributed by atoms with van der Waals surface area (Å²) in [4.78, 5) is 11.9. The molecule has 24 heavy (non-hydrogen) atoms. The Balaban J connectivity index is 1.86. The van der Waals surface area contributed by atoms with E-state index >= 15 is 0 Å². The van der Waals surface area contributed by atoms with Crippen LogP contribution in [0.5, 0.6) is 11.5 Å². The number of amides is 1. The Hall–Kier alpha value is -2.83.